The van der Waals surface area contributed by atoms with Gasteiger partial charge in [0.1, 0.15) is 0 Å². The molecule has 0 aromatic heterocycles. The highest BCUT2D eigenvalue weighted by Gasteiger charge is 2.57. The summed E-state index contributed by atoms with van der Waals surface area (Å²) in [6, 6.07) is 8.76. The van der Waals surface area contributed by atoms with Crippen molar-refractivity contribution in [1.29, 1.82) is 0 Å². The third-order valence-corrected chi connectivity index (χ3v) is 5.00. The van der Waals surface area contributed by atoms with Crippen molar-refractivity contribution in [2.45, 2.75) is 11.0 Å². The molecule has 1 aromatic rings. The van der Waals surface area contributed by atoms with Crippen LogP contribution in [-0.4, -0.2) is 42.5 Å². The predicted octanol–water partition coefficient (Wildman–Crippen LogP) is 1.76. The van der Waals surface area contributed by atoms with E-state index in [1.54, 1.807) is 24.3 Å². The molecule has 0 heterocycles. The molecule has 17 heteroatoms. The Morgan fingerprint density at radius 1 is 0.769 bits per heavy atom. The summed E-state index contributed by atoms with van der Waals surface area (Å²) in [5.41, 5.74) is -11.9. The van der Waals surface area contributed by atoms with Crippen LogP contribution in [-0.2, 0) is 33.9 Å². The van der Waals surface area contributed by atoms with Crippen molar-refractivity contribution in [3.05, 3.63) is 30.3 Å². The van der Waals surface area contributed by atoms with Crippen LogP contribution in [0, 0.1) is 0 Å². The van der Waals surface area contributed by atoms with Crippen molar-refractivity contribution in [1.82, 2.24) is 0 Å². The average molecular weight is 453 g/mol. The Hall–Kier alpha value is -1.59. The van der Waals surface area contributed by atoms with E-state index in [1.807, 2.05) is 9.70 Å². The van der Waals surface area contributed by atoms with E-state index in [2.05, 4.69) is 4.72 Å². The second-order valence-corrected chi connectivity index (χ2v) is 9.14. The molecule has 0 atom stereocenters. The van der Waals surface area contributed by atoms with Crippen molar-refractivity contribution in [2.75, 3.05) is 11.0 Å². The minimum Gasteiger partial charge on any atom is -0.284 e. The Kier molecular flexibility index (Phi) is 7.48. The van der Waals surface area contributed by atoms with Crippen molar-refractivity contribution >= 4 is 35.9 Å². The lowest BCUT2D eigenvalue weighted by atomic mass is 10.3. The van der Waals surface area contributed by atoms with Crippen LogP contribution >= 0.6 is 0 Å². The number of alkyl halides is 6. The number of benzene rings is 1. The van der Waals surface area contributed by atoms with Gasteiger partial charge in [-0.25, -0.2) is 8.42 Å². The number of hydrogen-bond donors (Lipinski definition) is 1. The Balaban J connectivity index is 0.000000502. The van der Waals surface area contributed by atoms with Crippen molar-refractivity contribution in [3.8, 4) is 0 Å². The molecule has 0 spiro atoms. The molecule has 0 unspecified atom stereocenters. The fourth-order valence-corrected chi connectivity index (χ4v) is 3.04. The van der Waals surface area contributed by atoms with Crippen molar-refractivity contribution in [3.63, 3.8) is 0 Å². The van der Waals surface area contributed by atoms with Crippen molar-refractivity contribution < 1.29 is 55.2 Å². The van der Waals surface area contributed by atoms with Gasteiger partial charge in [-0.1, -0.05) is 18.2 Å². The molecule has 0 amide bonds. The van der Waals surface area contributed by atoms with Gasteiger partial charge in [-0.15, -0.1) is 3.63 Å². The Morgan fingerprint density at radius 3 is 1.38 bits per heavy atom. The number of sulfonamides is 1. The summed E-state index contributed by atoms with van der Waals surface area (Å²) in [4.78, 5) is 0. The SMILES string of the molecule is CS(=O)(=O)Nc1ccccc1.O=S(=O)(OS(=O)(=O)C(F)(F)F)C(F)(F)F. The van der Waals surface area contributed by atoms with E-state index in [-0.39, 0.29) is 0 Å². The molecular formula is C9H9F6NO7S3. The first-order valence-corrected chi connectivity index (χ1v) is 10.4. The van der Waals surface area contributed by atoms with E-state index in [4.69, 9.17) is 0 Å². The number of hydrogen-bond acceptors (Lipinski definition) is 7. The van der Waals surface area contributed by atoms with E-state index >= 15 is 0 Å². The molecule has 0 fully saturated rings. The first-order chi connectivity index (χ1) is 11.3. The lowest BCUT2D eigenvalue weighted by Crippen LogP contribution is -2.34. The van der Waals surface area contributed by atoms with E-state index in [0.29, 0.717) is 5.69 Å². The highest BCUT2D eigenvalue weighted by molar-refractivity contribution is 8.00. The minimum absolute atomic E-state index is 0.593. The van der Waals surface area contributed by atoms with Gasteiger partial charge in [0.15, 0.2) is 0 Å². The molecule has 0 aliphatic rings. The monoisotopic (exact) mass is 453 g/mol. The predicted molar refractivity (Wildman–Crippen MR) is 75.9 cm³/mol. The zero-order valence-corrected chi connectivity index (χ0v) is 14.7. The number of nitrogens with one attached hydrogen (secondary N) is 1. The van der Waals surface area contributed by atoms with Gasteiger partial charge in [-0.05, 0) is 12.1 Å². The number of para-hydroxylation sites is 1. The third-order valence-electron chi connectivity index (χ3n) is 1.82. The maximum atomic E-state index is 11.4. The maximum absolute atomic E-state index is 11.4. The van der Waals surface area contributed by atoms with E-state index in [9.17, 15) is 51.6 Å². The lowest BCUT2D eigenvalue weighted by molar-refractivity contribution is -0.0585. The molecule has 8 nitrogen and oxygen atoms in total. The zero-order valence-electron chi connectivity index (χ0n) is 12.2. The van der Waals surface area contributed by atoms with Gasteiger partial charge in [0.25, 0.3) is 0 Å². The summed E-state index contributed by atoms with van der Waals surface area (Å²) < 4.78 is 134. The van der Waals surface area contributed by atoms with Crippen LogP contribution < -0.4 is 4.72 Å². The topological polar surface area (TPSA) is 124 Å². The highest BCUT2D eigenvalue weighted by atomic mass is 32.3. The molecule has 152 valence electrons. The van der Waals surface area contributed by atoms with Crippen LogP contribution in [0.25, 0.3) is 0 Å². The van der Waals surface area contributed by atoms with Crippen LogP contribution in [0.2, 0.25) is 0 Å². The average Bonchev–Trinajstić information content (AvgIpc) is 2.34. The second-order valence-electron chi connectivity index (χ2n) is 4.11. The summed E-state index contributed by atoms with van der Waals surface area (Å²) in [5, 5.41) is 0. The van der Waals surface area contributed by atoms with Crippen LogP contribution in [0.3, 0.4) is 0 Å². The molecule has 0 saturated carbocycles. The standard InChI is InChI=1S/C7H9NO2S.C2F6O5S2/c1-11(9,10)8-7-5-3-2-4-6-7;3-1(4,5)14(9,10)13-15(11,12)2(6,7)8/h2-6,8H,1H3;. The summed E-state index contributed by atoms with van der Waals surface area (Å²) in [6.45, 7) is 0. The Bertz CT molecular complexity index is 863. The first kappa shape index (κ1) is 24.4. The lowest BCUT2D eigenvalue weighted by Gasteiger charge is -2.09. The molecule has 26 heavy (non-hydrogen) atoms. The molecule has 0 aliphatic carbocycles. The molecular weight excluding hydrogens is 444 g/mol. The maximum Gasteiger partial charge on any atom is 0.524 e. The normalized spacial score (nSPS) is 13.5. The smallest absolute Gasteiger partial charge is 0.284 e. The van der Waals surface area contributed by atoms with E-state index in [0.717, 1.165) is 6.26 Å². The molecule has 1 rings (SSSR count). The minimum atomic E-state index is -6.85. The molecule has 1 N–H and O–H groups in total. The second kappa shape index (κ2) is 7.97. The molecule has 0 radical (unpaired) electrons. The van der Waals surface area contributed by atoms with Gasteiger partial charge in [-0.2, -0.15) is 43.2 Å². The Morgan fingerprint density at radius 2 is 1.12 bits per heavy atom. The van der Waals surface area contributed by atoms with Gasteiger partial charge in [0.05, 0.1) is 6.26 Å². The number of halogens is 6. The van der Waals surface area contributed by atoms with Gasteiger partial charge in [-0.3, -0.25) is 4.72 Å². The summed E-state index contributed by atoms with van der Waals surface area (Å²) in [6.07, 6.45) is 1.12. The van der Waals surface area contributed by atoms with E-state index in [1.165, 1.54) is 0 Å². The van der Waals surface area contributed by atoms with Gasteiger partial charge < -0.3 is 0 Å². The van der Waals surface area contributed by atoms with Gasteiger partial charge >= 0.3 is 31.3 Å². The first-order valence-electron chi connectivity index (χ1n) is 5.65. The molecule has 1 aromatic carbocycles. The van der Waals surface area contributed by atoms with Crippen LogP contribution in [0.5, 0.6) is 0 Å². The number of anilines is 1. The largest absolute Gasteiger partial charge is 0.524 e. The van der Waals surface area contributed by atoms with Gasteiger partial charge in [0, 0.05) is 5.69 Å². The van der Waals surface area contributed by atoms with Crippen LogP contribution in [0.15, 0.2) is 30.3 Å². The molecule has 0 saturated heterocycles. The Labute approximate surface area is 144 Å². The quantitative estimate of drug-likeness (QED) is 0.544. The van der Waals surface area contributed by atoms with E-state index < -0.39 is 41.3 Å². The fraction of sp³-hybridized carbons (Fsp3) is 0.333. The van der Waals surface area contributed by atoms with Crippen molar-refractivity contribution in [2.24, 2.45) is 0 Å². The third kappa shape index (κ3) is 8.19. The molecule has 0 bridgehead atoms. The summed E-state index contributed by atoms with van der Waals surface area (Å²) >= 11 is 0. The van der Waals surface area contributed by atoms with Gasteiger partial charge in [0.2, 0.25) is 10.0 Å². The summed E-state index contributed by atoms with van der Waals surface area (Å²) in [7, 11) is -16.8. The van der Waals surface area contributed by atoms with Crippen LogP contribution in [0.1, 0.15) is 0 Å². The summed E-state index contributed by atoms with van der Waals surface area (Å²) in [5.74, 6) is 0. The number of rotatable bonds is 4. The highest BCUT2D eigenvalue weighted by Crippen LogP contribution is 2.32. The fourth-order valence-electron chi connectivity index (χ4n) is 0.915. The zero-order chi connectivity index (χ0) is 21.0. The molecule has 0 aliphatic heterocycles. The van der Waals surface area contributed by atoms with Crippen LogP contribution in [0.4, 0.5) is 32.0 Å².